The molecule has 178 valence electrons. The molecule has 0 saturated heterocycles. The molecule has 1 aliphatic heterocycles. The van der Waals surface area contributed by atoms with Gasteiger partial charge in [-0.2, -0.15) is 0 Å². The number of benzene rings is 2. The number of anilines is 2. The van der Waals surface area contributed by atoms with Gasteiger partial charge in [-0.05, 0) is 58.5 Å². The van der Waals surface area contributed by atoms with Crippen molar-refractivity contribution in [3.63, 3.8) is 0 Å². The summed E-state index contributed by atoms with van der Waals surface area (Å²) in [4.78, 5) is 43.6. The van der Waals surface area contributed by atoms with Gasteiger partial charge in [0.05, 0.1) is 12.1 Å². The normalized spacial score (nSPS) is 13.9. The SMILES string of the molecule is CC(=O)Nc1ccc(C2=C(Nc3ccc(C(C)(C)C)cc3)C(=O)N(Cc3ccncc3)C2=O)cc1. The maximum atomic E-state index is 13.5. The molecule has 0 aliphatic carbocycles. The predicted octanol–water partition coefficient (Wildman–Crippen LogP) is 4.73. The lowest BCUT2D eigenvalue weighted by molar-refractivity contribution is -0.137. The van der Waals surface area contributed by atoms with E-state index in [4.69, 9.17) is 0 Å². The zero-order valence-electron chi connectivity index (χ0n) is 20.3. The van der Waals surface area contributed by atoms with Gasteiger partial charge in [-0.3, -0.25) is 24.3 Å². The van der Waals surface area contributed by atoms with E-state index in [0.717, 1.165) is 5.56 Å². The van der Waals surface area contributed by atoms with Crippen LogP contribution >= 0.6 is 0 Å². The first-order valence-corrected chi connectivity index (χ1v) is 11.4. The zero-order valence-corrected chi connectivity index (χ0v) is 20.3. The lowest BCUT2D eigenvalue weighted by Gasteiger charge is -2.19. The Hall–Kier alpha value is -4.26. The maximum absolute atomic E-state index is 13.5. The van der Waals surface area contributed by atoms with E-state index >= 15 is 0 Å². The van der Waals surface area contributed by atoms with E-state index in [1.165, 1.54) is 17.4 Å². The van der Waals surface area contributed by atoms with Crippen molar-refractivity contribution < 1.29 is 14.4 Å². The molecule has 0 bridgehead atoms. The lowest BCUT2D eigenvalue weighted by atomic mass is 9.87. The van der Waals surface area contributed by atoms with Crippen LogP contribution in [0.3, 0.4) is 0 Å². The third kappa shape index (κ3) is 5.30. The van der Waals surface area contributed by atoms with Crippen molar-refractivity contribution in [3.8, 4) is 0 Å². The quantitative estimate of drug-likeness (QED) is 0.511. The second kappa shape index (κ2) is 9.54. The highest BCUT2D eigenvalue weighted by Gasteiger charge is 2.39. The molecule has 7 heteroatoms. The Labute approximate surface area is 204 Å². The fourth-order valence-electron chi connectivity index (χ4n) is 3.90. The van der Waals surface area contributed by atoms with Crippen molar-refractivity contribution in [2.75, 3.05) is 10.6 Å². The Morgan fingerprint density at radius 3 is 2.03 bits per heavy atom. The Kier molecular flexibility index (Phi) is 6.51. The average molecular weight is 469 g/mol. The topological polar surface area (TPSA) is 91.4 Å². The summed E-state index contributed by atoms with van der Waals surface area (Å²) in [5.74, 6) is -0.964. The number of imide groups is 1. The molecule has 2 aromatic carbocycles. The number of nitrogens with one attached hydrogen (secondary N) is 2. The average Bonchev–Trinajstić information content (AvgIpc) is 3.04. The fraction of sp³-hybridized carbons (Fsp3) is 0.214. The van der Waals surface area contributed by atoms with E-state index < -0.39 is 5.91 Å². The van der Waals surface area contributed by atoms with Crippen LogP contribution in [-0.2, 0) is 26.3 Å². The third-order valence-electron chi connectivity index (χ3n) is 5.77. The number of carbonyl (C=O) groups excluding carboxylic acids is 3. The number of pyridine rings is 1. The first-order chi connectivity index (χ1) is 16.6. The summed E-state index contributed by atoms with van der Waals surface area (Å²) in [6.07, 6.45) is 3.26. The molecule has 3 amide bonds. The van der Waals surface area contributed by atoms with Gasteiger partial charge in [-0.25, -0.2) is 0 Å². The van der Waals surface area contributed by atoms with Crippen LogP contribution in [0.5, 0.6) is 0 Å². The summed E-state index contributed by atoms with van der Waals surface area (Å²) >= 11 is 0. The molecule has 0 unspecified atom stereocenters. The minimum Gasteiger partial charge on any atom is -0.350 e. The summed E-state index contributed by atoms with van der Waals surface area (Å²) in [5.41, 5.74) is 4.39. The number of rotatable bonds is 6. The molecular weight excluding hydrogens is 440 g/mol. The molecule has 2 N–H and O–H groups in total. The predicted molar refractivity (Wildman–Crippen MR) is 136 cm³/mol. The van der Waals surface area contributed by atoms with E-state index in [-0.39, 0.29) is 29.5 Å². The molecule has 1 aromatic heterocycles. The lowest BCUT2D eigenvalue weighted by Crippen LogP contribution is -2.32. The van der Waals surface area contributed by atoms with Crippen LogP contribution in [0.25, 0.3) is 5.57 Å². The molecule has 7 nitrogen and oxygen atoms in total. The minimum atomic E-state index is -0.396. The number of amides is 3. The Morgan fingerprint density at radius 2 is 1.46 bits per heavy atom. The number of aromatic nitrogens is 1. The number of hydrogen-bond donors (Lipinski definition) is 2. The van der Waals surface area contributed by atoms with Crippen LogP contribution in [0.15, 0.2) is 78.8 Å². The fourth-order valence-corrected chi connectivity index (χ4v) is 3.90. The largest absolute Gasteiger partial charge is 0.350 e. The number of carbonyl (C=O) groups is 3. The minimum absolute atomic E-state index is 0.000897. The molecule has 35 heavy (non-hydrogen) atoms. The molecule has 0 fully saturated rings. The van der Waals surface area contributed by atoms with E-state index in [1.807, 2.05) is 24.3 Å². The Balaban J connectivity index is 1.70. The molecule has 0 spiro atoms. The summed E-state index contributed by atoms with van der Waals surface area (Å²) in [6, 6.07) is 18.3. The second-order valence-corrected chi connectivity index (χ2v) is 9.51. The number of hydrogen-bond acceptors (Lipinski definition) is 5. The van der Waals surface area contributed by atoms with Crippen LogP contribution < -0.4 is 10.6 Å². The van der Waals surface area contributed by atoms with Gasteiger partial charge in [-0.15, -0.1) is 0 Å². The Bertz CT molecular complexity index is 1290. The first kappa shape index (κ1) is 23.9. The van der Waals surface area contributed by atoms with Crippen molar-refractivity contribution >= 4 is 34.7 Å². The van der Waals surface area contributed by atoms with Gasteiger partial charge in [0.15, 0.2) is 0 Å². The van der Waals surface area contributed by atoms with E-state index in [9.17, 15) is 14.4 Å². The molecular formula is C28H28N4O3. The van der Waals surface area contributed by atoms with Crippen molar-refractivity contribution in [2.45, 2.75) is 39.7 Å². The molecule has 4 rings (SSSR count). The van der Waals surface area contributed by atoms with Crippen LogP contribution in [-0.4, -0.2) is 27.6 Å². The molecule has 3 aromatic rings. The van der Waals surface area contributed by atoms with E-state index in [1.54, 1.807) is 48.8 Å². The summed E-state index contributed by atoms with van der Waals surface area (Å²) in [5, 5.41) is 5.91. The highest BCUT2D eigenvalue weighted by Crippen LogP contribution is 2.32. The highest BCUT2D eigenvalue weighted by atomic mass is 16.2. The van der Waals surface area contributed by atoms with Gasteiger partial charge in [0.25, 0.3) is 11.8 Å². The van der Waals surface area contributed by atoms with Gasteiger partial charge in [0.1, 0.15) is 5.70 Å². The molecule has 0 atom stereocenters. The third-order valence-corrected chi connectivity index (χ3v) is 5.77. The van der Waals surface area contributed by atoms with E-state index in [0.29, 0.717) is 22.5 Å². The van der Waals surface area contributed by atoms with Gasteiger partial charge >= 0.3 is 0 Å². The molecule has 0 saturated carbocycles. The van der Waals surface area contributed by atoms with Crippen LogP contribution in [0.1, 0.15) is 44.4 Å². The van der Waals surface area contributed by atoms with E-state index in [2.05, 4.69) is 36.4 Å². The van der Waals surface area contributed by atoms with Crippen LogP contribution in [0.2, 0.25) is 0 Å². The standard InChI is InChI=1S/C28H28N4O3/c1-18(33)30-22-9-5-20(6-10-22)24-25(31-23-11-7-21(8-12-23)28(2,3)4)27(35)32(26(24)34)17-19-13-15-29-16-14-19/h5-16,31H,17H2,1-4H3,(H,30,33). The smallest absolute Gasteiger partial charge is 0.278 e. The van der Waals surface area contributed by atoms with Gasteiger partial charge in [0.2, 0.25) is 5.91 Å². The van der Waals surface area contributed by atoms with Crippen molar-refractivity contribution in [3.05, 3.63) is 95.4 Å². The van der Waals surface area contributed by atoms with Gasteiger partial charge in [-0.1, -0.05) is 45.0 Å². The first-order valence-electron chi connectivity index (χ1n) is 11.4. The molecule has 0 radical (unpaired) electrons. The van der Waals surface area contributed by atoms with Crippen LogP contribution in [0, 0.1) is 0 Å². The second-order valence-electron chi connectivity index (χ2n) is 9.51. The molecule has 2 heterocycles. The highest BCUT2D eigenvalue weighted by molar-refractivity contribution is 6.36. The summed E-state index contributed by atoms with van der Waals surface area (Å²) in [6.45, 7) is 7.98. The Morgan fingerprint density at radius 1 is 0.857 bits per heavy atom. The van der Waals surface area contributed by atoms with Gasteiger partial charge < -0.3 is 10.6 Å². The van der Waals surface area contributed by atoms with Crippen molar-refractivity contribution in [1.82, 2.24) is 9.88 Å². The van der Waals surface area contributed by atoms with Crippen molar-refractivity contribution in [2.24, 2.45) is 0 Å². The maximum Gasteiger partial charge on any atom is 0.278 e. The zero-order chi connectivity index (χ0) is 25.2. The van der Waals surface area contributed by atoms with Crippen LogP contribution in [0.4, 0.5) is 11.4 Å². The summed E-state index contributed by atoms with van der Waals surface area (Å²) < 4.78 is 0. The monoisotopic (exact) mass is 468 g/mol. The van der Waals surface area contributed by atoms with Crippen molar-refractivity contribution in [1.29, 1.82) is 0 Å². The molecule has 1 aliphatic rings. The summed E-state index contributed by atoms with van der Waals surface area (Å²) in [7, 11) is 0. The van der Waals surface area contributed by atoms with Gasteiger partial charge in [0, 0.05) is 30.7 Å². The number of nitrogens with zero attached hydrogens (tertiary/aromatic N) is 2.